The minimum atomic E-state index is -4.82. The third kappa shape index (κ3) is 5.66. The number of halogens is 7. The Balaban J connectivity index is 1.54. The molecule has 3 heterocycles. The van der Waals surface area contributed by atoms with Crippen molar-refractivity contribution < 1.29 is 45.4 Å². The van der Waals surface area contributed by atoms with Gasteiger partial charge in [0, 0.05) is 29.6 Å². The number of amides is 2. The molecular formula is C29H23F7N4O3. The minimum absolute atomic E-state index is 0.140. The topological polar surface area (TPSA) is 85.8 Å². The zero-order valence-corrected chi connectivity index (χ0v) is 22.4. The summed E-state index contributed by atoms with van der Waals surface area (Å²) in [6, 6.07) is 9.14. The predicted octanol–water partition coefficient (Wildman–Crippen LogP) is 6.49. The standard InChI is InChI=1S/C29H23F7N4O3/c1-27-10-3-11-40(27)39(15-16-4-2-5-19(30)12-16)26(43)23(24(27)41)25(42)38-21-8-7-18(28(31,32)33)13-20(21)17-6-9-22(37-14-17)29(34,35)36/h2,4-9,12-14,41H,3,10-11,15H2,1H3,(H,38,42). The van der Waals surface area contributed by atoms with Crippen molar-refractivity contribution in [2.45, 2.75) is 44.2 Å². The number of hydrazine groups is 1. The molecule has 1 aromatic heterocycles. The van der Waals surface area contributed by atoms with E-state index in [-0.39, 0.29) is 23.4 Å². The van der Waals surface area contributed by atoms with Crippen molar-refractivity contribution >= 4 is 17.5 Å². The number of nitrogens with zero attached hydrogens (tertiary/aromatic N) is 3. The molecule has 7 nitrogen and oxygen atoms in total. The van der Waals surface area contributed by atoms with Gasteiger partial charge in [0.1, 0.15) is 22.8 Å². The van der Waals surface area contributed by atoms with Crippen molar-refractivity contribution in [2.24, 2.45) is 0 Å². The zero-order chi connectivity index (χ0) is 31.3. The van der Waals surface area contributed by atoms with E-state index in [0.29, 0.717) is 49.3 Å². The van der Waals surface area contributed by atoms with E-state index in [0.717, 1.165) is 12.1 Å². The molecule has 226 valence electrons. The smallest absolute Gasteiger partial charge is 0.433 e. The summed E-state index contributed by atoms with van der Waals surface area (Å²) in [6.07, 6.45) is -8.00. The van der Waals surface area contributed by atoms with E-state index < -0.39 is 58.1 Å². The Bertz CT molecular complexity index is 1620. The van der Waals surface area contributed by atoms with Crippen LogP contribution in [-0.2, 0) is 28.5 Å². The number of aliphatic hydroxyl groups is 1. The number of carbonyl (C=O) groups is 2. The number of rotatable bonds is 5. The third-order valence-electron chi connectivity index (χ3n) is 7.50. The molecule has 0 aliphatic carbocycles. The molecule has 0 saturated carbocycles. The van der Waals surface area contributed by atoms with Crippen LogP contribution in [0.4, 0.5) is 36.4 Å². The molecule has 5 rings (SSSR count). The van der Waals surface area contributed by atoms with Gasteiger partial charge in [0.15, 0.2) is 0 Å². The number of nitrogens with one attached hydrogen (secondary N) is 1. The van der Waals surface area contributed by atoms with Crippen LogP contribution in [0.5, 0.6) is 0 Å². The lowest BCUT2D eigenvalue weighted by Gasteiger charge is -2.46. The van der Waals surface area contributed by atoms with Gasteiger partial charge < -0.3 is 10.4 Å². The maximum Gasteiger partial charge on any atom is 0.433 e. The number of hydrogen-bond donors (Lipinski definition) is 2. The fraction of sp³-hybridized carbons (Fsp3) is 0.276. The number of alkyl halides is 6. The molecule has 0 bridgehead atoms. The van der Waals surface area contributed by atoms with Gasteiger partial charge in [-0.1, -0.05) is 18.2 Å². The van der Waals surface area contributed by atoms with Crippen molar-refractivity contribution in [3.8, 4) is 11.1 Å². The van der Waals surface area contributed by atoms with E-state index >= 15 is 0 Å². The molecule has 3 aromatic rings. The van der Waals surface area contributed by atoms with Crippen LogP contribution in [0, 0.1) is 5.82 Å². The number of benzene rings is 2. The van der Waals surface area contributed by atoms with Crippen molar-refractivity contribution in [2.75, 3.05) is 11.9 Å². The van der Waals surface area contributed by atoms with Crippen LogP contribution in [-0.4, -0.2) is 44.0 Å². The summed E-state index contributed by atoms with van der Waals surface area (Å²) >= 11 is 0. The quantitative estimate of drug-likeness (QED) is 0.256. The number of aromatic nitrogens is 1. The molecule has 0 spiro atoms. The Morgan fingerprint density at radius 1 is 1.05 bits per heavy atom. The number of fused-ring (bicyclic) bond motifs is 1. The van der Waals surface area contributed by atoms with Crippen molar-refractivity contribution in [1.82, 2.24) is 15.0 Å². The molecule has 2 aromatic carbocycles. The van der Waals surface area contributed by atoms with E-state index in [4.69, 9.17) is 0 Å². The van der Waals surface area contributed by atoms with Crippen LogP contribution < -0.4 is 5.32 Å². The number of hydrogen-bond acceptors (Lipinski definition) is 5. The number of pyridine rings is 1. The summed E-state index contributed by atoms with van der Waals surface area (Å²) < 4.78 is 93.6. The SMILES string of the molecule is CC12CCCN1N(Cc1cccc(F)c1)C(=O)C(C(=O)Nc1ccc(C(F)(F)F)cc1-c1ccc(C(F)(F)F)nc1)=C2O. The van der Waals surface area contributed by atoms with Gasteiger partial charge in [-0.15, -0.1) is 0 Å². The van der Waals surface area contributed by atoms with Crippen LogP contribution in [0.3, 0.4) is 0 Å². The second-order valence-corrected chi connectivity index (χ2v) is 10.4. The highest BCUT2D eigenvalue weighted by molar-refractivity contribution is 6.24. The Labute approximate surface area is 240 Å². The molecule has 14 heteroatoms. The Kier molecular flexibility index (Phi) is 7.45. The van der Waals surface area contributed by atoms with Gasteiger partial charge in [-0.2, -0.15) is 26.3 Å². The molecule has 43 heavy (non-hydrogen) atoms. The van der Waals surface area contributed by atoms with Gasteiger partial charge in [-0.05, 0) is 61.7 Å². The van der Waals surface area contributed by atoms with Gasteiger partial charge in [0.25, 0.3) is 11.8 Å². The normalized spacial score (nSPS) is 19.5. The molecule has 1 atom stereocenters. The van der Waals surface area contributed by atoms with Crippen LogP contribution in [0.2, 0.25) is 0 Å². The lowest BCUT2D eigenvalue weighted by Crippen LogP contribution is -2.60. The van der Waals surface area contributed by atoms with Crippen molar-refractivity contribution in [3.05, 3.63) is 94.8 Å². The summed E-state index contributed by atoms with van der Waals surface area (Å²) in [6.45, 7) is 1.82. The first-order valence-corrected chi connectivity index (χ1v) is 12.9. The minimum Gasteiger partial charge on any atom is -0.509 e. The van der Waals surface area contributed by atoms with E-state index in [9.17, 15) is 45.4 Å². The van der Waals surface area contributed by atoms with Gasteiger partial charge in [0.05, 0.1) is 17.6 Å². The monoisotopic (exact) mass is 608 g/mol. The predicted molar refractivity (Wildman–Crippen MR) is 139 cm³/mol. The van der Waals surface area contributed by atoms with Crippen LogP contribution in [0.1, 0.15) is 36.6 Å². The maximum atomic E-state index is 13.9. The lowest BCUT2D eigenvalue weighted by atomic mass is 9.90. The summed E-state index contributed by atoms with van der Waals surface area (Å²) in [5, 5.41) is 16.3. The van der Waals surface area contributed by atoms with Crippen LogP contribution in [0.25, 0.3) is 11.1 Å². The number of anilines is 1. The Morgan fingerprint density at radius 3 is 2.42 bits per heavy atom. The van der Waals surface area contributed by atoms with Gasteiger partial charge >= 0.3 is 12.4 Å². The molecular weight excluding hydrogens is 585 g/mol. The van der Waals surface area contributed by atoms with Gasteiger partial charge in [-0.3, -0.25) is 19.6 Å². The lowest BCUT2D eigenvalue weighted by molar-refractivity contribution is -0.160. The van der Waals surface area contributed by atoms with Crippen molar-refractivity contribution in [1.29, 1.82) is 0 Å². The zero-order valence-electron chi connectivity index (χ0n) is 22.4. The van der Waals surface area contributed by atoms with E-state index in [2.05, 4.69) is 10.3 Å². The maximum absolute atomic E-state index is 13.9. The fourth-order valence-corrected chi connectivity index (χ4v) is 5.33. The van der Waals surface area contributed by atoms with E-state index in [1.54, 1.807) is 18.0 Å². The highest BCUT2D eigenvalue weighted by Gasteiger charge is 2.52. The highest BCUT2D eigenvalue weighted by atomic mass is 19.4. The second kappa shape index (κ2) is 10.7. The summed E-state index contributed by atoms with van der Waals surface area (Å²) in [4.78, 5) is 30.5. The average Bonchev–Trinajstić information content (AvgIpc) is 3.33. The highest BCUT2D eigenvalue weighted by Crippen LogP contribution is 2.42. The average molecular weight is 609 g/mol. The van der Waals surface area contributed by atoms with E-state index in [1.807, 2.05) is 0 Å². The molecule has 1 unspecified atom stereocenters. The van der Waals surface area contributed by atoms with Gasteiger partial charge in [0.2, 0.25) is 0 Å². The molecule has 2 aliphatic heterocycles. The first-order valence-electron chi connectivity index (χ1n) is 12.9. The van der Waals surface area contributed by atoms with Crippen LogP contribution >= 0.6 is 0 Å². The Hall–Kier alpha value is -4.46. The summed E-state index contributed by atoms with van der Waals surface area (Å²) in [7, 11) is 0. The van der Waals surface area contributed by atoms with E-state index in [1.165, 1.54) is 23.2 Å². The molecule has 0 radical (unpaired) electrons. The summed E-state index contributed by atoms with van der Waals surface area (Å²) in [5.74, 6) is -3.17. The molecule has 2 aliphatic rings. The molecule has 2 amide bonds. The number of aliphatic hydroxyl groups excluding tert-OH is 1. The first-order chi connectivity index (χ1) is 20.1. The largest absolute Gasteiger partial charge is 0.509 e. The van der Waals surface area contributed by atoms with Gasteiger partial charge in [-0.25, -0.2) is 9.40 Å². The summed E-state index contributed by atoms with van der Waals surface area (Å²) in [5.41, 5.74) is -4.65. The molecule has 1 saturated heterocycles. The number of carbonyl (C=O) groups excluding carboxylic acids is 2. The molecule has 1 fully saturated rings. The second-order valence-electron chi connectivity index (χ2n) is 10.4. The van der Waals surface area contributed by atoms with Crippen molar-refractivity contribution in [3.63, 3.8) is 0 Å². The fourth-order valence-electron chi connectivity index (χ4n) is 5.33. The molecule has 2 N–H and O–H groups in total. The first kappa shape index (κ1) is 30.0. The Morgan fingerprint density at radius 2 is 1.79 bits per heavy atom. The van der Waals surface area contributed by atoms with Crippen LogP contribution in [0.15, 0.2) is 72.1 Å². The third-order valence-corrected chi connectivity index (χ3v) is 7.50.